The summed E-state index contributed by atoms with van der Waals surface area (Å²) in [4.78, 5) is 39.6. The third kappa shape index (κ3) is 3.81. The van der Waals surface area contributed by atoms with Crippen molar-refractivity contribution < 1.29 is 19.5 Å². The van der Waals surface area contributed by atoms with Crippen LogP contribution < -0.4 is 10.6 Å². The van der Waals surface area contributed by atoms with E-state index in [9.17, 15) is 19.5 Å². The molecule has 0 spiro atoms. The largest absolute Gasteiger partial charge is 0.481 e. The molecule has 6 nitrogen and oxygen atoms in total. The van der Waals surface area contributed by atoms with Gasteiger partial charge in [-0.05, 0) is 68.3 Å². The summed E-state index contributed by atoms with van der Waals surface area (Å²) < 4.78 is 0. The summed E-state index contributed by atoms with van der Waals surface area (Å²) in [6, 6.07) is 0.245. The first kappa shape index (κ1) is 20.7. The van der Waals surface area contributed by atoms with E-state index >= 15 is 0 Å². The number of rotatable bonds is 6. The quantitative estimate of drug-likeness (QED) is 0.580. The van der Waals surface area contributed by atoms with Gasteiger partial charge >= 0.3 is 5.97 Å². The summed E-state index contributed by atoms with van der Waals surface area (Å²) in [7, 11) is 0. The summed E-state index contributed by atoms with van der Waals surface area (Å²) in [5.41, 5.74) is 1.71. The SMILES string of the molecule is CC[C@H]1CCc2c(sc(NC(=O)[C@H]3[C@@H](C(=O)O)[C@H]4C=C[C@H]3CC4)c2C(=O)NC2CC2)C1. The highest BCUT2D eigenvalue weighted by Gasteiger charge is 2.48. The molecule has 1 heterocycles. The van der Waals surface area contributed by atoms with Gasteiger partial charge in [-0.1, -0.05) is 25.5 Å². The number of amides is 2. The summed E-state index contributed by atoms with van der Waals surface area (Å²) in [5, 5.41) is 16.5. The van der Waals surface area contributed by atoms with E-state index in [0.29, 0.717) is 16.5 Å². The van der Waals surface area contributed by atoms with E-state index in [1.807, 2.05) is 12.2 Å². The van der Waals surface area contributed by atoms with Crippen LogP contribution in [0.2, 0.25) is 0 Å². The molecule has 1 aromatic rings. The number of hydrogen-bond donors (Lipinski definition) is 3. The van der Waals surface area contributed by atoms with Gasteiger partial charge < -0.3 is 15.7 Å². The number of nitrogens with one attached hydrogen (secondary N) is 2. The number of thiophene rings is 1. The first-order chi connectivity index (χ1) is 15.0. The van der Waals surface area contributed by atoms with Gasteiger partial charge in [0.15, 0.2) is 0 Å². The average molecular weight is 443 g/mol. The number of anilines is 1. The average Bonchev–Trinajstić information content (AvgIpc) is 3.51. The van der Waals surface area contributed by atoms with Gasteiger partial charge in [0.1, 0.15) is 5.00 Å². The van der Waals surface area contributed by atoms with Crippen molar-refractivity contribution in [1.82, 2.24) is 5.32 Å². The van der Waals surface area contributed by atoms with Gasteiger partial charge in [-0.3, -0.25) is 14.4 Å². The molecule has 0 saturated heterocycles. The highest BCUT2D eigenvalue weighted by molar-refractivity contribution is 7.17. The van der Waals surface area contributed by atoms with Gasteiger partial charge in [-0.2, -0.15) is 0 Å². The molecule has 5 atom stereocenters. The Bertz CT molecular complexity index is 948. The molecule has 166 valence electrons. The fourth-order valence-electron chi connectivity index (χ4n) is 5.70. The molecule has 0 aromatic carbocycles. The lowest BCUT2D eigenvalue weighted by atomic mass is 9.62. The number of aliphatic carboxylic acids is 1. The zero-order valence-corrected chi connectivity index (χ0v) is 18.7. The molecule has 5 aliphatic rings. The number of fused-ring (bicyclic) bond motifs is 3. The second kappa shape index (κ2) is 8.08. The Morgan fingerprint density at radius 2 is 1.77 bits per heavy atom. The minimum Gasteiger partial charge on any atom is -0.481 e. The maximum Gasteiger partial charge on any atom is 0.307 e. The molecule has 2 amide bonds. The number of carboxylic acid groups (broad SMARTS) is 1. The van der Waals surface area contributed by atoms with Gasteiger partial charge in [-0.25, -0.2) is 0 Å². The Balaban J connectivity index is 1.44. The van der Waals surface area contributed by atoms with E-state index in [-0.39, 0.29) is 29.7 Å². The number of carbonyl (C=O) groups is 3. The predicted octanol–water partition coefficient (Wildman–Crippen LogP) is 4.01. The molecule has 1 aromatic heterocycles. The number of carboxylic acids is 1. The van der Waals surface area contributed by atoms with E-state index in [4.69, 9.17) is 0 Å². The topological polar surface area (TPSA) is 95.5 Å². The van der Waals surface area contributed by atoms with Crippen molar-refractivity contribution >= 4 is 34.1 Å². The Hall–Kier alpha value is -2.15. The van der Waals surface area contributed by atoms with Gasteiger partial charge in [0.2, 0.25) is 5.91 Å². The van der Waals surface area contributed by atoms with Crippen molar-refractivity contribution in [2.24, 2.45) is 29.6 Å². The molecule has 2 saturated carbocycles. The summed E-state index contributed by atoms with van der Waals surface area (Å²) in [5.74, 6) is -2.03. The predicted molar refractivity (Wildman–Crippen MR) is 119 cm³/mol. The molecule has 31 heavy (non-hydrogen) atoms. The van der Waals surface area contributed by atoms with Crippen molar-refractivity contribution in [1.29, 1.82) is 0 Å². The lowest BCUT2D eigenvalue weighted by Gasteiger charge is -2.41. The van der Waals surface area contributed by atoms with Crippen LogP contribution in [0, 0.1) is 29.6 Å². The minimum absolute atomic E-state index is 0.0473. The van der Waals surface area contributed by atoms with Crippen molar-refractivity contribution in [2.45, 2.75) is 64.3 Å². The third-order valence-electron chi connectivity index (χ3n) is 7.66. The molecular weight excluding hydrogens is 412 g/mol. The van der Waals surface area contributed by atoms with Gasteiger partial charge in [0.05, 0.1) is 17.4 Å². The molecular formula is C24H30N2O4S. The van der Waals surface area contributed by atoms with E-state index in [1.54, 1.807) is 0 Å². The van der Waals surface area contributed by atoms with E-state index in [0.717, 1.165) is 56.9 Å². The fraction of sp³-hybridized carbons (Fsp3) is 0.625. The van der Waals surface area contributed by atoms with E-state index in [2.05, 4.69) is 17.6 Å². The lowest BCUT2D eigenvalue weighted by Crippen LogP contribution is -2.47. The minimum atomic E-state index is -0.901. The van der Waals surface area contributed by atoms with Gasteiger partial charge in [-0.15, -0.1) is 11.3 Å². The Kier molecular flexibility index (Phi) is 5.40. The molecule has 0 unspecified atom stereocenters. The molecule has 7 heteroatoms. The van der Waals surface area contributed by atoms with Gasteiger partial charge in [0.25, 0.3) is 5.91 Å². The Labute approximate surface area is 186 Å². The highest BCUT2D eigenvalue weighted by Crippen LogP contribution is 2.46. The van der Waals surface area contributed by atoms with Crippen LogP contribution in [0.25, 0.3) is 0 Å². The van der Waals surface area contributed by atoms with Crippen LogP contribution in [0.1, 0.15) is 66.2 Å². The fourth-order valence-corrected chi connectivity index (χ4v) is 7.06. The summed E-state index contributed by atoms with van der Waals surface area (Å²) >= 11 is 1.52. The molecule has 3 N–H and O–H groups in total. The highest BCUT2D eigenvalue weighted by atomic mass is 32.1. The molecule has 2 bridgehead atoms. The van der Waals surface area contributed by atoms with Crippen LogP contribution in [0.3, 0.4) is 0 Å². The van der Waals surface area contributed by atoms with Crippen molar-refractivity contribution in [2.75, 3.05) is 5.32 Å². The zero-order valence-electron chi connectivity index (χ0n) is 17.9. The molecule has 5 aliphatic carbocycles. The Morgan fingerprint density at radius 1 is 1.06 bits per heavy atom. The van der Waals surface area contributed by atoms with E-state index < -0.39 is 17.8 Å². The molecule has 0 radical (unpaired) electrons. The van der Waals surface area contributed by atoms with Crippen molar-refractivity contribution in [3.05, 3.63) is 28.2 Å². The number of allylic oxidation sites excluding steroid dienone is 2. The maximum absolute atomic E-state index is 13.4. The smallest absolute Gasteiger partial charge is 0.307 e. The van der Waals surface area contributed by atoms with Gasteiger partial charge in [0, 0.05) is 10.9 Å². The second-order valence-corrected chi connectivity index (χ2v) is 10.7. The van der Waals surface area contributed by atoms with Crippen molar-refractivity contribution in [3.8, 4) is 0 Å². The van der Waals surface area contributed by atoms with Crippen LogP contribution >= 0.6 is 11.3 Å². The van der Waals surface area contributed by atoms with Crippen LogP contribution in [0.15, 0.2) is 12.2 Å². The second-order valence-electron chi connectivity index (χ2n) is 9.64. The maximum atomic E-state index is 13.4. The van der Waals surface area contributed by atoms with Crippen LogP contribution in [-0.4, -0.2) is 28.9 Å². The number of carbonyl (C=O) groups excluding carboxylic acids is 2. The normalized spacial score (nSPS) is 31.2. The van der Waals surface area contributed by atoms with Crippen LogP contribution in [-0.2, 0) is 22.4 Å². The van der Waals surface area contributed by atoms with Crippen LogP contribution in [0.5, 0.6) is 0 Å². The first-order valence-electron chi connectivity index (χ1n) is 11.6. The summed E-state index contributed by atoms with van der Waals surface area (Å²) in [6.07, 6.45) is 11.7. The van der Waals surface area contributed by atoms with E-state index in [1.165, 1.54) is 16.2 Å². The summed E-state index contributed by atoms with van der Waals surface area (Å²) in [6.45, 7) is 2.20. The zero-order chi connectivity index (χ0) is 21.7. The van der Waals surface area contributed by atoms with Crippen molar-refractivity contribution in [3.63, 3.8) is 0 Å². The Morgan fingerprint density at radius 3 is 2.39 bits per heavy atom. The number of hydrogen-bond acceptors (Lipinski definition) is 4. The molecule has 2 fully saturated rings. The monoisotopic (exact) mass is 442 g/mol. The molecule has 0 aliphatic heterocycles. The lowest BCUT2D eigenvalue weighted by molar-refractivity contribution is -0.151. The third-order valence-corrected chi connectivity index (χ3v) is 8.83. The van der Waals surface area contributed by atoms with Crippen LogP contribution in [0.4, 0.5) is 5.00 Å². The standard InChI is InChI=1S/C24H30N2O4S/c1-2-12-3-10-16-17(11-12)31-23(20(16)22(28)25-15-8-9-15)26-21(27)18-13-4-6-14(7-5-13)19(18)24(29)30/h4,6,12-15,18-19H,2-3,5,7-11H2,1H3,(H,25,28)(H,26,27)(H,29,30)/t12-,13-,14-,18+,19-/m0/s1. The first-order valence-corrected chi connectivity index (χ1v) is 12.4. The molecule has 6 rings (SSSR count).